The van der Waals surface area contributed by atoms with Crippen LogP contribution in [0.25, 0.3) is 0 Å². The summed E-state index contributed by atoms with van der Waals surface area (Å²) in [6.07, 6.45) is 1.19. The Bertz CT molecular complexity index is 769. The van der Waals surface area contributed by atoms with Gasteiger partial charge < -0.3 is 10.1 Å². The summed E-state index contributed by atoms with van der Waals surface area (Å²) in [5.41, 5.74) is 8.24. The van der Waals surface area contributed by atoms with Gasteiger partial charge in [-0.05, 0) is 28.7 Å². The molecule has 0 saturated carbocycles. The van der Waals surface area contributed by atoms with Gasteiger partial charge in [0.05, 0.1) is 17.8 Å². The summed E-state index contributed by atoms with van der Waals surface area (Å²) >= 11 is 0. The quantitative estimate of drug-likeness (QED) is 0.845. The predicted octanol–water partition coefficient (Wildman–Crippen LogP) is 3.82. The van der Waals surface area contributed by atoms with Crippen LogP contribution in [0.1, 0.15) is 42.5 Å². The largest absolute Gasteiger partial charge is 0.367 e. The van der Waals surface area contributed by atoms with Crippen LogP contribution in [0.3, 0.4) is 0 Å². The zero-order valence-corrected chi connectivity index (χ0v) is 14.1. The van der Waals surface area contributed by atoms with Crippen LogP contribution >= 0.6 is 0 Å². The molecule has 4 rings (SSSR count). The average Bonchev–Trinajstić information content (AvgIpc) is 2.98. The number of amidine groups is 1. The third kappa shape index (κ3) is 2.78. The van der Waals surface area contributed by atoms with Crippen molar-refractivity contribution in [3.63, 3.8) is 0 Å². The molecule has 1 fully saturated rings. The summed E-state index contributed by atoms with van der Waals surface area (Å²) < 4.78 is 6.03. The summed E-state index contributed by atoms with van der Waals surface area (Å²) in [5.74, 6) is 1.31. The van der Waals surface area contributed by atoms with E-state index >= 15 is 0 Å². The fraction of sp³-hybridized carbons (Fsp3) is 0.350. The van der Waals surface area contributed by atoms with Crippen molar-refractivity contribution in [1.29, 1.82) is 0 Å². The van der Waals surface area contributed by atoms with Crippen LogP contribution in [0.5, 0.6) is 0 Å². The van der Waals surface area contributed by atoms with Crippen LogP contribution in [0.15, 0.2) is 53.6 Å². The molecular weight excluding hydrogens is 298 g/mol. The van der Waals surface area contributed by atoms with E-state index in [2.05, 4.69) is 72.2 Å². The van der Waals surface area contributed by atoms with Gasteiger partial charge in [-0.2, -0.15) is 5.10 Å². The number of morpholine rings is 1. The molecule has 0 unspecified atom stereocenters. The van der Waals surface area contributed by atoms with Gasteiger partial charge in [-0.25, -0.2) is 0 Å². The lowest BCUT2D eigenvalue weighted by atomic mass is 10.0. The zero-order valence-electron chi connectivity index (χ0n) is 14.1. The van der Waals surface area contributed by atoms with Crippen LogP contribution in [0.2, 0.25) is 0 Å². The molecule has 24 heavy (non-hydrogen) atoms. The van der Waals surface area contributed by atoms with Gasteiger partial charge in [0.1, 0.15) is 12.4 Å². The van der Waals surface area contributed by atoms with Crippen LogP contribution in [-0.2, 0) is 11.2 Å². The van der Waals surface area contributed by atoms with E-state index in [9.17, 15) is 0 Å². The van der Waals surface area contributed by atoms with Crippen LogP contribution < -0.4 is 10.7 Å². The van der Waals surface area contributed by atoms with Gasteiger partial charge in [0.15, 0.2) is 0 Å². The number of hydrogen-bond donors (Lipinski definition) is 2. The molecule has 0 bridgehead atoms. The second kappa shape index (κ2) is 6.29. The number of benzene rings is 2. The SMILES string of the molecule is CC(C)c1ccccc1N/N=C1/CO[C@H]2Cc3ccccc3[C@H]2N1. The first-order valence-electron chi connectivity index (χ1n) is 8.60. The van der Waals surface area contributed by atoms with E-state index in [0.717, 1.165) is 17.9 Å². The van der Waals surface area contributed by atoms with E-state index in [1.54, 1.807) is 0 Å². The van der Waals surface area contributed by atoms with Gasteiger partial charge in [0.2, 0.25) is 0 Å². The van der Waals surface area contributed by atoms with Crippen molar-refractivity contribution < 1.29 is 4.74 Å². The highest BCUT2D eigenvalue weighted by Crippen LogP contribution is 2.35. The van der Waals surface area contributed by atoms with E-state index in [0.29, 0.717) is 12.5 Å². The molecule has 2 atom stereocenters. The molecule has 1 aliphatic carbocycles. The molecule has 4 heteroatoms. The van der Waals surface area contributed by atoms with Crippen molar-refractivity contribution in [2.75, 3.05) is 12.0 Å². The Morgan fingerprint density at radius 1 is 1.12 bits per heavy atom. The summed E-state index contributed by atoms with van der Waals surface area (Å²) in [6, 6.07) is 17.1. The molecule has 0 aromatic heterocycles. The standard InChI is InChI=1S/C20H23N3O/c1-13(2)15-8-5-6-10-17(15)22-23-19-12-24-18-11-14-7-3-4-9-16(14)20(18)21-19/h3-10,13,18,20,22H,11-12H2,1-2H3,(H,21,23)/t18-,20+/m0/s1. The number of hydrazone groups is 1. The van der Waals surface area contributed by atoms with Crippen molar-refractivity contribution >= 4 is 11.5 Å². The topological polar surface area (TPSA) is 45.7 Å². The monoisotopic (exact) mass is 321 g/mol. The zero-order chi connectivity index (χ0) is 16.5. The molecule has 124 valence electrons. The molecular formula is C20H23N3O. The maximum absolute atomic E-state index is 6.03. The van der Waals surface area contributed by atoms with Crippen molar-refractivity contribution in [3.05, 3.63) is 65.2 Å². The Morgan fingerprint density at radius 3 is 2.79 bits per heavy atom. The maximum Gasteiger partial charge on any atom is 0.149 e. The lowest BCUT2D eigenvalue weighted by Crippen LogP contribution is -2.44. The predicted molar refractivity (Wildman–Crippen MR) is 97.4 cm³/mol. The van der Waals surface area contributed by atoms with E-state index in [1.807, 2.05) is 6.07 Å². The van der Waals surface area contributed by atoms with Crippen LogP contribution in [-0.4, -0.2) is 18.5 Å². The Hall–Kier alpha value is -2.33. The number of para-hydroxylation sites is 1. The van der Waals surface area contributed by atoms with Gasteiger partial charge in [-0.15, -0.1) is 0 Å². The van der Waals surface area contributed by atoms with Crippen molar-refractivity contribution in [3.8, 4) is 0 Å². The van der Waals surface area contributed by atoms with Crippen molar-refractivity contribution in [2.45, 2.75) is 38.3 Å². The number of rotatable bonds is 3. The fourth-order valence-corrected chi connectivity index (χ4v) is 3.59. The van der Waals surface area contributed by atoms with Crippen LogP contribution in [0.4, 0.5) is 5.69 Å². The molecule has 0 spiro atoms. The number of nitrogens with one attached hydrogen (secondary N) is 2. The normalized spacial score (nSPS) is 23.7. The Kier molecular flexibility index (Phi) is 3.98. The molecule has 1 heterocycles. The van der Waals surface area contributed by atoms with Gasteiger partial charge in [-0.1, -0.05) is 56.3 Å². The maximum atomic E-state index is 6.03. The van der Waals surface area contributed by atoms with Gasteiger partial charge in [-0.3, -0.25) is 5.43 Å². The number of ether oxygens (including phenoxy) is 1. The minimum absolute atomic E-state index is 0.204. The lowest BCUT2D eigenvalue weighted by Gasteiger charge is -2.29. The first kappa shape index (κ1) is 15.2. The summed E-state index contributed by atoms with van der Waals surface area (Å²) in [6.45, 7) is 4.90. The first-order chi connectivity index (χ1) is 11.7. The van der Waals surface area contributed by atoms with Gasteiger partial charge in [0.25, 0.3) is 0 Å². The minimum atomic E-state index is 0.204. The molecule has 4 nitrogen and oxygen atoms in total. The van der Waals surface area contributed by atoms with E-state index in [-0.39, 0.29) is 12.1 Å². The second-order valence-electron chi connectivity index (χ2n) is 6.79. The van der Waals surface area contributed by atoms with E-state index in [4.69, 9.17) is 4.74 Å². The first-order valence-corrected chi connectivity index (χ1v) is 8.60. The molecule has 0 amide bonds. The highest BCUT2D eigenvalue weighted by atomic mass is 16.5. The molecule has 1 aliphatic heterocycles. The average molecular weight is 321 g/mol. The number of hydrogen-bond acceptors (Lipinski definition) is 3. The number of nitrogens with zero attached hydrogens (tertiary/aromatic N) is 1. The molecule has 2 aromatic rings. The van der Waals surface area contributed by atoms with Gasteiger partial charge >= 0.3 is 0 Å². The minimum Gasteiger partial charge on any atom is -0.367 e. The highest BCUT2D eigenvalue weighted by molar-refractivity contribution is 5.85. The summed E-state index contributed by atoms with van der Waals surface area (Å²) in [7, 11) is 0. The van der Waals surface area contributed by atoms with E-state index in [1.165, 1.54) is 16.7 Å². The Labute approximate surface area is 142 Å². The number of anilines is 1. The summed E-state index contributed by atoms with van der Waals surface area (Å²) in [5, 5.41) is 8.11. The lowest BCUT2D eigenvalue weighted by molar-refractivity contribution is 0.0468. The van der Waals surface area contributed by atoms with E-state index < -0.39 is 0 Å². The number of fused-ring (bicyclic) bond motifs is 3. The molecule has 1 saturated heterocycles. The molecule has 2 N–H and O–H groups in total. The third-order valence-electron chi connectivity index (χ3n) is 4.83. The van der Waals surface area contributed by atoms with Crippen molar-refractivity contribution in [2.24, 2.45) is 5.10 Å². The van der Waals surface area contributed by atoms with Crippen molar-refractivity contribution in [1.82, 2.24) is 5.32 Å². The highest BCUT2D eigenvalue weighted by Gasteiger charge is 2.36. The molecule has 2 aliphatic rings. The molecule has 2 aromatic carbocycles. The fourth-order valence-electron chi connectivity index (χ4n) is 3.59. The Balaban J connectivity index is 1.52. The smallest absolute Gasteiger partial charge is 0.149 e. The second-order valence-corrected chi connectivity index (χ2v) is 6.79. The van der Waals surface area contributed by atoms with Crippen LogP contribution in [0, 0.1) is 0 Å². The third-order valence-corrected chi connectivity index (χ3v) is 4.83. The summed E-state index contributed by atoms with van der Waals surface area (Å²) in [4.78, 5) is 0. The Morgan fingerprint density at radius 2 is 1.92 bits per heavy atom. The molecule has 0 radical (unpaired) electrons. The van der Waals surface area contributed by atoms with Gasteiger partial charge in [0, 0.05) is 6.42 Å².